The van der Waals surface area contributed by atoms with Crippen LogP contribution < -0.4 is 4.74 Å². The smallest absolute Gasteiger partial charge is 0.210 e. The van der Waals surface area contributed by atoms with E-state index in [1.54, 1.807) is 18.2 Å². The van der Waals surface area contributed by atoms with Crippen molar-refractivity contribution in [3.63, 3.8) is 0 Å². The summed E-state index contributed by atoms with van der Waals surface area (Å²) in [6.07, 6.45) is -0.674. The fourth-order valence-corrected chi connectivity index (χ4v) is 4.21. The van der Waals surface area contributed by atoms with Crippen LogP contribution in [0.25, 0.3) is 0 Å². The van der Waals surface area contributed by atoms with E-state index in [1.807, 2.05) is 35.9 Å². The summed E-state index contributed by atoms with van der Waals surface area (Å²) in [6, 6.07) is 7.04. The summed E-state index contributed by atoms with van der Waals surface area (Å²) < 4.78 is 6.59. The monoisotopic (exact) mass is 369 g/mol. The Bertz CT molecular complexity index is 690. The van der Waals surface area contributed by atoms with Gasteiger partial charge in [-0.25, -0.2) is 0 Å². The molecular formula is C16H16ClNO3S2. The quantitative estimate of drug-likeness (QED) is 0.588. The van der Waals surface area contributed by atoms with E-state index in [1.165, 1.54) is 23.5 Å². The zero-order chi connectivity index (χ0) is 15.7. The highest BCUT2D eigenvalue weighted by Gasteiger charge is 2.37. The van der Waals surface area contributed by atoms with Gasteiger partial charge in [-0.05, 0) is 37.0 Å². The zero-order valence-corrected chi connectivity index (χ0v) is 15.1. The lowest BCUT2D eigenvalue weighted by atomic mass is 9.99. The first-order chi connectivity index (χ1) is 10.6. The van der Waals surface area contributed by atoms with Gasteiger partial charge < -0.3 is 9.64 Å². The topological polar surface area (TPSA) is 46.6 Å². The van der Waals surface area contributed by atoms with Crippen LogP contribution >= 0.6 is 35.9 Å². The van der Waals surface area contributed by atoms with Gasteiger partial charge in [0.05, 0.1) is 15.4 Å². The molecule has 0 radical (unpaired) electrons. The van der Waals surface area contributed by atoms with Crippen molar-refractivity contribution < 1.29 is 14.3 Å². The van der Waals surface area contributed by atoms with Crippen LogP contribution in [-0.4, -0.2) is 43.2 Å². The van der Waals surface area contributed by atoms with Gasteiger partial charge in [-0.2, -0.15) is 0 Å². The van der Waals surface area contributed by atoms with E-state index in [0.717, 1.165) is 4.24 Å². The molecule has 0 bridgehead atoms. The molecule has 1 aromatic carbocycles. The predicted octanol–water partition coefficient (Wildman–Crippen LogP) is 3.35. The van der Waals surface area contributed by atoms with Crippen molar-refractivity contribution in [3.05, 3.63) is 50.5 Å². The van der Waals surface area contributed by atoms with Crippen molar-refractivity contribution in [3.8, 4) is 5.75 Å². The maximum atomic E-state index is 12.9. The third-order valence-electron chi connectivity index (χ3n) is 3.31. The number of benzene rings is 1. The van der Waals surface area contributed by atoms with E-state index in [4.69, 9.17) is 4.74 Å². The first kappa shape index (κ1) is 18.1. The second-order valence-electron chi connectivity index (χ2n) is 5.23. The summed E-state index contributed by atoms with van der Waals surface area (Å²) in [5.74, 6) is -0.0154. The average molecular weight is 370 g/mol. The number of nitrogens with zero attached hydrogens (tertiary/aromatic N) is 1. The highest BCUT2D eigenvalue weighted by Crippen LogP contribution is 2.42. The molecule has 0 aliphatic carbocycles. The molecule has 0 fully saturated rings. The van der Waals surface area contributed by atoms with Crippen molar-refractivity contribution in [1.29, 1.82) is 0 Å². The number of halogens is 1. The van der Waals surface area contributed by atoms with Gasteiger partial charge in [0.25, 0.3) is 0 Å². The van der Waals surface area contributed by atoms with E-state index in [-0.39, 0.29) is 29.5 Å². The van der Waals surface area contributed by atoms with Gasteiger partial charge in [0.1, 0.15) is 5.75 Å². The third kappa shape index (κ3) is 3.66. The van der Waals surface area contributed by atoms with Crippen molar-refractivity contribution >= 4 is 47.5 Å². The summed E-state index contributed by atoms with van der Waals surface area (Å²) in [7, 11) is 3.76. The molecule has 1 aromatic rings. The molecule has 0 amide bonds. The van der Waals surface area contributed by atoms with Gasteiger partial charge in [0, 0.05) is 6.54 Å². The highest BCUT2D eigenvalue weighted by molar-refractivity contribution is 8.27. The zero-order valence-electron chi connectivity index (χ0n) is 12.6. The number of fused-ring (bicyclic) bond motifs is 1. The lowest BCUT2D eigenvalue weighted by Crippen LogP contribution is -2.38. The van der Waals surface area contributed by atoms with Crippen molar-refractivity contribution in [2.45, 2.75) is 6.10 Å². The van der Waals surface area contributed by atoms with Crippen LogP contribution in [0.2, 0.25) is 0 Å². The third-order valence-corrected chi connectivity index (χ3v) is 5.44. The normalized spacial score (nSPS) is 20.2. The van der Waals surface area contributed by atoms with Crippen LogP contribution in [0.1, 0.15) is 10.4 Å². The Kier molecular flexibility index (Phi) is 5.97. The summed E-state index contributed by atoms with van der Waals surface area (Å²) in [6.45, 7) is 0.431. The van der Waals surface area contributed by atoms with Crippen molar-refractivity contribution in [2.75, 3.05) is 20.6 Å². The number of hydrogen-bond acceptors (Lipinski definition) is 6. The number of rotatable bonds is 2. The second kappa shape index (κ2) is 7.57. The summed E-state index contributed by atoms with van der Waals surface area (Å²) in [5.41, 5.74) is 0.699. The van der Waals surface area contributed by atoms with Crippen LogP contribution in [0.5, 0.6) is 5.75 Å². The van der Waals surface area contributed by atoms with Gasteiger partial charge in [0.15, 0.2) is 6.10 Å². The van der Waals surface area contributed by atoms with E-state index in [0.29, 0.717) is 17.9 Å². The molecule has 4 nitrogen and oxygen atoms in total. The van der Waals surface area contributed by atoms with Crippen LogP contribution in [0.15, 0.2) is 44.9 Å². The Morgan fingerprint density at radius 2 is 1.78 bits per heavy atom. The van der Waals surface area contributed by atoms with Crippen LogP contribution in [-0.2, 0) is 4.79 Å². The molecule has 1 unspecified atom stereocenters. The summed E-state index contributed by atoms with van der Waals surface area (Å²) in [4.78, 5) is 27.6. The number of ketones is 2. The van der Waals surface area contributed by atoms with Gasteiger partial charge in [-0.15, -0.1) is 12.4 Å². The van der Waals surface area contributed by atoms with E-state index >= 15 is 0 Å². The Morgan fingerprint density at radius 3 is 2.43 bits per heavy atom. The van der Waals surface area contributed by atoms with Crippen molar-refractivity contribution in [1.82, 2.24) is 4.90 Å². The van der Waals surface area contributed by atoms with Gasteiger partial charge in [-0.1, -0.05) is 35.7 Å². The fourth-order valence-electron chi connectivity index (χ4n) is 2.34. The molecule has 7 heteroatoms. The molecule has 3 rings (SSSR count). The first-order valence-electron chi connectivity index (χ1n) is 6.80. The molecule has 0 N–H and O–H groups in total. The molecule has 2 aliphatic rings. The molecule has 0 aromatic heterocycles. The Labute approximate surface area is 149 Å². The molecule has 2 aliphatic heterocycles. The van der Waals surface area contributed by atoms with Crippen molar-refractivity contribution in [2.24, 2.45) is 0 Å². The minimum absolute atomic E-state index is 0. The number of Topliss-reactive ketones (excluding diaryl/α,β-unsaturated/α-hetero) is 2. The number of thioether (sulfide) groups is 2. The molecule has 0 saturated carbocycles. The average Bonchev–Trinajstić information content (AvgIpc) is 2.97. The molecule has 122 valence electrons. The van der Waals surface area contributed by atoms with E-state index in [9.17, 15) is 9.59 Å². The van der Waals surface area contributed by atoms with Crippen LogP contribution in [0.4, 0.5) is 0 Å². The minimum Gasteiger partial charge on any atom is -0.480 e. The maximum Gasteiger partial charge on any atom is 0.210 e. The number of carbonyl (C=O) groups is 2. The number of para-hydroxylation sites is 1. The Balaban J connectivity index is 0.00000192. The van der Waals surface area contributed by atoms with Gasteiger partial charge >= 0.3 is 0 Å². The lowest BCUT2D eigenvalue weighted by Gasteiger charge is -2.20. The molecule has 2 heterocycles. The molecular weight excluding hydrogens is 354 g/mol. The number of hydrogen-bond donors (Lipinski definition) is 0. The first-order valence-corrected chi connectivity index (χ1v) is 8.56. The maximum absolute atomic E-state index is 12.9. The standard InChI is InChI=1S/C16H15NO3S2.ClH/c1-17(2)9-12-15(19)13(16-21-7-8-22-16)14(18)10-5-3-4-6-11(10)20-12;/h3-8,12H,9H2,1-2H3;1H. The summed E-state index contributed by atoms with van der Waals surface area (Å²) >= 11 is 2.82. The number of carbonyl (C=O) groups excluding carboxylic acids is 2. The molecule has 23 heavy (non-hydrogen) atoms. The second-order valence-corrected chi connectivity index (χ2v) is 7.32. The van der Waals surface area contributed by atoms with E-state index < -0.39 is 6.10 Å². The SMILES string of the molecule is CN(C)CC1Oc2ccccc2C(=O)C(=C2SC=CS2)C1=O.Cl. The Morgan fingerprint density at radius 1 is 1.13 bits per heavy atom. The summed E-state index contributed by atoms with van der Waals surface area (Å²) in [5, 5.41) is 3.76. The highest BCUT2D eigenvalue weighted by atomic mass is 35.5. The predicted molar refractivity (Wildman–Crippen MR) is 97.3 cm³/mol. The molecule has 0 spiro atoms. The number of likely N-dealkylation sites (N-methyl/N-ethyl adjacent to an activating group) is 1. The Hall–Kier alpha value is -1.21. The fraction of sp³-hybridized carbons (Fsp3) is 0.250. The van der Waals surface area contributed by atoms with Gasteiger partial charge in [-0.3, -0.25) is 9.59 Å². The number of ether oxygens (including phenoxy) is 1. The van der Waals surface area contributed by atoms with E-state index in [2.05, 4.69) is 0 Å². The molecule has 1 atom stereocenters. The minimum atomic E-state index is -0.674. The van der Waals surface area contributed by atoms with Crippen LogP contribution in [0, 0.1) is 0 Å². The molecule has 0 saturated heterocycles. The van der Waals surface area contributed by atoms with Gasteiger partial charge in [0.2, 0.25) is 11.6 Å². The largest absolute Gasteiger partial charge is 0.480 e. The van der Waals surface area contributed by atoms with Crippen LogP contribution in [0.3, 0.4) is 0 Å². The lowest BCUT2D eigenvalue weighted by molar-refractivity contribution is -0.122.